The van der Waals surface area contributed by atoms with Crippen molar-refractivity contribution in [3.8, 4) is 11.6 Å². The number of benzene rings is 1. The molecule has 4 nitrogen and oxygen atoms in total. The lowest BCUT2D eigenvalue weighted by molar-refractivity contribution is -0.134. The number of ether oxygens (including phenoxy) is 1. The predicted molar refractivity (Wildman–Crippen MR) is 92.8 cm³/mol. The number of pyridine rings is 1. The van der Waals surface area contributed by atoms with E-state index in [0.717, 1.165) is 6.07 Å². The van der Waals surface area contributed by atoms with E-state index in [1.165, 1.54) is 59.8 Å². The van der Waals surface area contributed by atoms with Gasteiger partial charge in [-0.1, -0.05) is 6.07 Å². The van der Waals surface area contributed by atoms with Crippen LogP contribution < -0.4 is 9.64 Å². The van der Waals surface area contributed by atoms with E-state index in [9.17, 15) is 22.4 Å². The normalized spacial score (nSPS) is 11.3. The topological polar surface area (TPSA) is 42.4 Å². The van der Waals surface area contributed by atoms with Crippen LogP contribution in [-0.4, -0.2) is 17.9 Å². The number of aromatic nitrogens is 1. The number of anilines is 1. The fraction of sp³-hybridized carbons (Fsp3) is 0.111. The number of amides is 1. The lowest BCUT2D eigenvalue weighted by atomic mass is 10.2. The average molecular weight is 396 g/mol. The second kappa shape index (κ2) is 7.36. The molecule has 0 fully saturated rings. The number of nitrogens with zero attached hydrogens (tertiary/aromatic N) is 2. The van der Waals surface area contributed by atoms with Gasteiger partial charge in [-0.05, 0) is 30.3 Å². The zero-order valence-electron chi connectivity index (χ0n) is 13.8. The molecule has 140 valence electrons. The maximum atomic E-state index is 13.0. The van der Waals surface area contributed by atoms with Crippen molar-refractivity contribution in [2.75, 3.05) is 11.9 Å². The highest BCUT2D eigenvalue weighted by Crippen LogP contribution is 2.37. The maximum absolute atomic E-state index is 13.0. The Kier molecular flexibility index (Phi) is 5.13. The monoisotopic (exact) mass is 396 g/mol. The number of hydrogen-bond acceptors (Lipinski definition) is 4. The minimum Gasteiger partial charge on any atom is -0.438 e. The highest BCUT2D eigenvalue weighted by Gasteiger charge is 2.32. The SMILES string of the molecule is CN(C(=O)c1cccc(Oc2csc(C(F)(F)F)c2)n1)c1ccc(F)cc1. The molecule has 1 aromatic carbocycles. The van der Waals surface area contributed by atoms with E-state index in [4.69, 9.17) is 4.74 Å². The lowest BCUT2D eigenvalue weighted by Gasteiger charge is -2.17. The van der Waals surface area contributed by atoms with Crippen LogP contribution in [-0.2, 0) is 6.18 Å². The second-order valence-electron chi connectivity index (χ2n) is 5.45. The summed E-state index contributed by atoms with van der Waals surface area (Å²) in [6, 6.07) is 10.6. The molecular formula is C18H12F4N2O2S. The molecule has 0 aliphatic heterocycles. The first-order chi connectivity index (χ1) is 12.7. The van der Waals surface area contributed by atoms with E-state index in [-0.39, 0.29) is 17.3 Å². The first kappa shape index (κ1) is 18.8. The van der Waals surface area contributed by atoms with Gasteiger partial charge in [-0.2, -0.15) is 13.2 Å². The quantitative estimate of drug-likeness (QED) is 0.557. The van der Waals surface area contributed by atoms with Crippen LogP contribution in [0.5, 0.6) is 11.6 Å². The van der Waals surface area contributed by atoms with Gasteiger partial charge in [0.2, 0.25) is 5.88 Å². The molecular weight excluding hydrogens is 384 g/mol. The predicted octanol–water partition coefficient (Wildman–Crippen LogP) is 5.37. The number of halogens is 4. The van der Waals surface area contributed by atoms with E-state index in [1.807, 2.05) is 0 Å². The van der Waals surface area contributed by atoms with Gasteiger partial charge < -0.3 is 9.64 Å². The third-order valence-corrected chi connectivity index (χ3v) is 4.49. The zero-order valence-corrected chi connectivity index (χ0v) is 14.6. The molecule has 0 saturated carbocycles. The molecule has 0 saturated heterocycles. The summed E-state index contributed by atoms with van der Waals surface area (Å²) in [6.45, 7) is 0. The highest BCUT2D eigenvalue weighted by atomic mass is 32.1. The van der Waals surface area contributed by atoms with E-state index >= 15 is 0 Å². The van der Waals surface area contributed by atoms with Gasteiger partial charge in [0.25, 0.3) is 5.91 Å². The average Bonchev–Trinajstić information content (AvgIpc) is 3.10. The van der Waals surface area contributed by atoms with E-state index in [1.54, 1.807) is 0 Å². The molecule has 0 aliphatic rings. The van der Waals surface area contributed by atoms with E-state index in [2.05, 4.69) is 4.98 Å². The van der Waals surface area contributed by atoms with Crippen LogP contribution in [0, 0.1) is 5.82 Å². The van der Waals surface area contributed by atoms with Crippen molar-refractivity contribution in [3.05, 3.63) is 70.3 Å². The van der Waals surface area contributed by atoms with Gasteiger partial charge in [-0.3, -0.25) is 4.79 Å². The first-order valence-corrected chi connectivity index (χ1v) is 8.46. The number of hydrogen-bond donors (Lipinski definition) is 0. The molecule has 27 heavy (non-hydrogen) atoms. The van der Waals surface area contributed by atoms with Crippen molar-refractivity contribution in [1.29, 1.82) is 0 Å². The number of alkyl halides is 3. The molecule has 1 amide bonds. The fourth-order valence-corrected chi connectivity index (χ4v) is 2.86. The van der Waals surface area contributed by atoms with Crippen molar-refractivity contribution in [2.24, 2.45) is 0 Å². The molecule has 0 radical (unpaired) electrons. The van der Waals surface area contributed by atoms with Crippen molar-refractivity contribution in [3.63, 3.8) is 0 Å². The highest BCUT2D eigenvalue weighted by molar-refractivity contribution is 7.10. The number of rotatable bonds is 4. The molecule has 2 heterocycles. The van der Waals surface area contributed by atoms with Crippen LogP contribution in [0.15, 0.2) is 53.9 Å². The summed E-state index contributed by atoms with van der Waals surface area (Å²) in [5.74, 6) is -0.938. The standard InChI is InChI=1S/C18H12F4N2O2S/c1-24(12-7-5-11(19)6-8-12)17(25)14-3-2-4-16(23-14)26-13-9-15(27-10-13)18(20,21)22/h2-10H,1H3. The van der Waals surface area contributed by atoms with Gasteiger partial charge in [0.1, 0.15) is 22.1 Å². The van der Waals surface area contributed by atoms with Crippen LogP contribution in [0.2, 0.25) is 0 Å². The van der Waals surface area contributed by atoms with Crippen LogP contribution >= 0.6 is 11.3 Å². The second-order valence-corrected chi connectivity index (χ2v) is 6.36. The third kappa shape index (κ3) is 4.43. The van der Waals surface area contributed by atoms with Gasteiger partial charge in [0.05, 0.1) is 0 Å². The molecule has 0 aliphatic carbocycles. The summed E-state index contributed by atoms with van der Waals surface area (Å²) in [5.41, 5.74) is 0.493. The summed E-state index contributed by atoms with van der Waals surface area (Å²) >= 11 is 0.506. The summed E-state index contributed by atoms with van der Waals surface area (Å²) in [7, 11) is 1.50. The van der Waals surface area contributed by atoms with Gasteiger partial charge in [0.15, 0.2) is 0 Å². The van der Waals surface area contributed by atoms with Crippen LogP contribution in [0.1, 0.15) is 15.4 Å². The molecule has 0 atom stereocenters. The summed E-state index contributed by atoms with van der Waals surface area (Å²) in [6.07, 6.45) is -4.45. The maximum Gasteiger partial charge on any atom is 0.425 e. The minimum atomic E-state index is -4.45. The Morgan fingerprint density at radius 2 is 1.85 bits per heavy atom. The summed E-state index contributed by atoms with van der Waals surface area (Å²) < 4.78 is 56.3. The number of carbonyl (C=O) groups is 1. The Morgan fingerprint density at radius 3 is 2.48 bits per heavy atom. The zero-order chi connectivity index (χ0) is 19.6. The number of thiophene rings is 1. The summed E-state index contributed by atoms with van der Waals surface area (Å²) in [4.78, 5) is 17.1. The third-order valence-electron chi connectivity index (χ3n) is 3.54. The van der Waals surface area contributed by atoms with Crippen molar-refractivity contribution >= 4 is 22.9 Å². The Bertz CT molecular complexity index is 954. The van der Waals surface area contributed by atoms with Crippen LogP contribution in [0.4, 0.5) is 23.2 Å². The van der Waals surface area contributed by atoms with Gasteiger partial charge in [-0.15, -0.1) is 11.3 Å². The van der Waals surface area contributed by atoms with Gasteiger partial charge >= 0.3 is 6.18 Å². The molecule has 9 heteroatoms. The van der Waals surface area contributed by atoms with Crippen molar-refractivity contribution in [2.45, 2.75) is 6.18 Å². The lowest BCUT2D eigenvalue weighted by Crippen LogP contribution is -2.27. The molecule has 0 bridgehead atoms. The van der Waals surface area contributed by atoms with Gasteiger partial charge in [-0.25, -0.2) is 9.37 Å². The van der Waals surface area contributed by atoms with Crippen molar-refractivity contribution < 1.29 is 27.1 Å². The Balaban J connectivity index is 1.77. The van der Waals surface area contributed by atoms with Crippen LogP contribution in [0.3, 0.4) is 0 Å². The largest absolute Gasteiger partial charge is 0.438 e. The van der Waals surface area contributed by atoms with Gasteiger partial charge in [0, 0.05) is 30.2 Å². The van der Waals surface area contributed by atoms with E-state index < -0.39 is 22.8 Å². The molecule has 0 unspecified atom stereocenters. The molecule has 3 aromatic rings. The fourth-order valence-electron chi connectivity index (χ4n) is 2.19. The van der Waals surface area contributed by atoms with Crippen LogP contribution in [0.25, 0.3) is 0 Å². The molecule has 0 spiro atoms. The Hall–Kier alpha value is -2.94. The first-order valence-electron chi connectivity index (χ1n) is 7.58. The Labute approximate surface area is 155 Å². The van der Waals surface area contributed by atoms with E-state index in [0.29, 0.717) is 17.0 Å². The molecule has 3 rings (SSSR count). The smallest absolute Gasteiger partial charge is 0.425 e. The molecule has 2 aromatic heterocycles. The van der Waals surface area contributed by atoms with Crippen molar-refractivity contribution in [1.82, 2.24) is 4.98 Å². The Morgan fingerprint density at radius 1 is 1.15 bits per heavy atom. The number of carbonyl (C=O) groups excluding carboxylic acids is 1. The minimum absolute atomic E-state index is 0.0140. The summed E-state index contributed by atoms with van der Waals surface area (Å²) in [5, 5.41) is 1.21. The molecule has 0 N–H and O–H groups in total.